The van der Waals surface area contributed by atoms with Gasteiger partial charge in [-0.3, -0.25) is 0 Å². The fraction of sp³-hybridized carbons (Fsp3) is 0.467. The molecule has 21 heavy (non-hydrogen) atoms. The highest BCUT2D eigenvalue weighted by molar-refractivity contribution is 5.92. The molecule has 2 aromatic heterocycles. The molecule has 0 N–H and O–H groups in total. The number of nitrogens with zero attached hydrogens (tertiary/aromatic N) is 4. The first kappa shape index (κ1) is 15.0. The SMILES string of the molecule is C#CCC(OC(=O)c1cnc2c(c1)nnn2C)C(C)(C)C. The molecule has 110 valence electrons. The molecule has 0 aliphatic rings. The van der Waals surface area contributed by atoms with Gasteiger partial charge in [-0.2, -0.15) is 0 Å². The number of carbonyl (C=O) groups is 1. The number of pyridine rings is 1. The van der Waals surface area contributed by atoms with Gasteiger partial charge in [-0.15, -0.1) is 17.4 Å². The second-order valence-electron chi connectivity index (χ2n) is 5.95. The highest BCUT2D eigenvalue weighted by atomic mass is 16.5. The van der Waals surface area contributed by atoms with Crippen molar-refractivity contribution in [2.75, 3.05) is 0 Å². The molecule has 0 saturated carbocycles. The number of fused-ring (bicyclic) bond motifs is 1. The number of hydrogen-bond acceptors (Lipinski definition) is 5. The van der Waals surface area contributed by atoms with E-state index in [0.29, 0.717) is 23.1 Å². The number of rotatable bonds is 3. The minimum absolute atomic E-state index is 0.230. The van der Waals surface area contributed by atoms with Crippen molar-refractivity contribution in [3.63, 3.8) is 0 Å². The van der Waals surface area contributed by atoms with Gasteiger partial charge in [0, 0.05) is 19.7 Å². The van der Waals surface area contributed by atoms with E-state index in [0.717, 1.165) is 0 Å². The molecule has 1 unspecified atom stereocenters. The Bertz CT molecular complexity index is 707. The monoisotopic (exact) mass is 286 g/mol. The molecule has 0 bridgehead atoms. The fourth-order valence-corrected chi connectivity index (χ4v) is 1.87. The molecular formula is C15H18N4O2. The minimum Gasteiger partial charge on any atom is -0.457 e. The van der Waals surface area contributed by atoms with Crippen molar-refractivity contribution >= 4 is 17.1 Å². The molecule has 1 atom stereocenters. The minimum atomic E-state index is -0.453. The van der Waals surface area contributed by atoms with Crippen molar-refractivity contribution < 1.29 is 9.53 Å². The molecule has 0 radical (unpaired) electrons. The molecule has 6 heteroatoms. The topological polar surface area (TPSA) is 69.9 Å². The first-order chi connectivity index (χ1) is 9.82. The van der Waals surface area contributed by atoms with Gasteiger partial charge in [-0.05, 0) is 11.5 Å². The molecular weight excluding hydrogens is 268 g/mol. The highest BCUT2D eigenvalue weighted by Gasteiger charge is 2.28. The van der Waals surface area contributed by atoms with Crippen LogP contribution >= 0.6 is 0 Å². The largest absolute Gasteiger partial charge is 0.457 e. The van der Waals surface area contributed by atoms with Gasteiger partial charge in [0.15, 0.2) is 5.65 Å². The van der Waals surface area contributed by atoms with Crippen molar-refractivity contribution in [3.8, 4) is 12.3 Å². The Morgan fingerprint density at radius 3 is 2.86 bits per heavy atom. The van der Waals surface area contributed by atoms with E-state index in [9.17, 15) is 4.79 Å². The van der Waals surface area contributed by atoms with Gasteiger partial charge in [0.05, 0.1) is 5.56 Å². The zero-order valence-electron chi connectivity index (χ0n) is 12.6. The van der Waals surface area contributed by atoms with Crippen LogP contribution in [0, 0.1) is 17.8 Å². The molecule has 6 nitrogen and oxygen atoms in total. The summed E-state index contributed by atoms with van der Waals surface area (Å²) in [6.45, 7) is 5.94. The fourth-order valence-electron chi connectivity index (χ4n) is 1.87. The summed E-state index contributed by atoms with van der Waals surface area (Å²) in [4.78, 5) is 16.4. The van der Waals surface area contributed by atoms with E-state index in [2.05, 4.69) is 21.2 Å². The average molecular weight is 286 g/mol. The first-order valence-electron chi connectivity index (χ1n) is 6.63. The van der Waals surface area contributed by atoms with Crippen molar-refractivity contribution in [2.45, 2.75) is 33.3 Å². The molecule has 0 fully saturated rings. The maximum Gasteiger partial charge on any atom is 0.340 e. The van der Waals surface area contributed by atoms with Crippen LogP contribution in [0.5, 0.6) is 0 Å². The summed E-state index contributed by atoms with van der Waals surface area (Å²) in [6.07, 6.45) is 6.82. The van der Waals surface area contributed by atoms with E-state index in [4.69, 9.17) is 11.2 Å². The summed E-state index contributed by atoms with van der Waals surface area (Å²) < 4.78 is 7.06. The summed E-state index contributed by atoms with van der Waals surface area (Å²) >= 11 is 0. The highest BCUT2D eigenvalue weighted by Crippen LogP contribution is 2.25. The van der Waals surface area contributed by atoms with Crippen LogP contribution in [-0.4, -0.2) is 32.1 Å². The summed E-state index contributed by atoms with van der Waals surface area (Å²) in [6, 6.07) is 1.62. The normalized spacial score (nSPS) is 12.9. The number of terminal acetylenes is 1. The van der Waals surface area contributed by atoms with Crippen LogP contribution in [-0.2, 0) is 11.8 Å². The molecule has 2 rings (SSSR count). The Morgan fingerprint density at radius 1 is 1.52 bits per heavy atom. The maximum absolute atomic E-state index is 12.2. The van der Waals surface area contributed by atoms with Gasteiger partial charge in [-0.25, -0.2) is 14.5 Å². The third kappa shape index (κ3) is 3.19. The second-order valence-corrected chi connectivity index (χ2v) is 5.95. The Labute approximate surface area is 123 Å². The van der Waals surface area contributed by atoms with Crippen LogP contribution in [0.1, 0.15) is 37.6 Å². The zero-order valence-corrected chi connectivity index (χ0v) is 12.6. The molecule has 0 amide bonds. The van der Waals surface area contributed by atoms with Crippen molar-refractivity contribution in [3.05, 3.63) is 17.8 Å². The third-order valence-electron chi connectivity index (χ3n) is 3.19. The van der Waals surface area contributed by atoms with Gasteiger partial charge < -0.3 is 4.74 Å². The molecule has 0 saturated heterocycles. The van der Waals surface area contributed by atoms with E-state index in [1.807, 2.05) is 20.8 Å². The van der Waals surface area contributed by atoms with Crippen LogP contribution in [0.3, 0.4) is 0 Å². The number of hydrogen-bond donors (Lipinski definition) is 0. The lowest BCUT2D eigenvalue weighted by Gasteiger charge is -2.28. The predicted octanol–water partition coefficient (Wildman–Crippen LogP) is 1.96. The Morgan fingerprint density at radius 2 is 2.24 bits per heavy atom. The third-order valence-corrected chi connectivity index (χ3v) is 3.19. The van der Waals surface area contributed by atoms with Gasteiger partial charge in [0.25, 0.3) is 0 Å². The molecule has 0 aromatic carbocycles. The average Bonchev–Trinajstić information content (AvgIpc) is 2.78. The Balaban J connectivity index is 2.23. The van der Waals surface area contributed by atoms with Crippen molar-refractivity contribution in [1.29, 1.82) is 0 Å². The number of aryl methyl sites for hydroxylation is 1. The van der Waals surface area contributed by atoms with E-state index in [1.165, 1.54) is 6.20 Å². The number of ether oxygens (including phenoxy) is 1. The quantitative estimate of drug-likeness (QED) is 0.637. The summed E-state index contributed by atoms with van der Waals surface area (Å²) in [5.74, 6) is 2.09. The molecule has 0 spiro atoms. The van der Waals surface area contributed by atoms with Gasteiger partial charge in [-0.1, -0.05) is 26.0 Å². The number of esters is 1. The van der Waals surface area contributed by atoms with Crippen LogP contribution in [0.25, 0.3) is 11.2 Å². The molecule has 2 aromatic rings. The van der Waals surface area contributed by atoms with E-state index >= 15 is 0 Å². The standard InChI is InChI=1S/C15H18N4O2/c1-6-7-12(15(2,3)4)21-14(20)10-8-11-13(16-9-10)19(5)18-17-11/h1,8-9,12H,7H2,2-5H3. The number of carbonyl (C=O) groups excluding carboxylic acids is 1. The van der Waals surface area contributed by atoms with Crippen LogP contribution in [0.4, 0.5) is 0 Å². The van der Waals surface area contributed by atoms with Crippen LogP contribution < -0.4 is 0 Å². The summed E-state index contributed by atoms with van der Waals surface area (Å²) in [5.41, 5.74) is 1.28. The lowest BCUT2D eigenvalue weighted by Crippen LogP contribution is -2.31. The molecule has 2 heterocycles. The van der Waals surface area contributed by atoms with Crippen molar-refractivity contribution in [1.82, 2.24) is 20.0 Å². The second kappa shape index (κ2) is 5.52. The Hall–Kier alpha value is -2.42. The lowest BCUT2D eigenvalue weighted by atomic mass is 9.87. The number of aromatic nitrogens is 4. The first-order valence-corrected chi connectivity index (χ1v) is 6.63. The van der Waals surface area contributed by atoms with Crippen LogP contribution in [0.2, 0.25) is 0 Å². The van der Waals surface area contributed by atoms with E-state index in [-0.39, 0.29) is 11.5 Å². The lowest BCUT2D eigenvalue weighted by molar-refractivity contribution is -0.000565. The maximum atomic E-state index is 12.2. The van der Waals surface area contributed by atoms with Gasteiger partial charge in [0.2, 0.25) is 0 Å². The Kier molecular flexibility index (Phi) is 3.94. The molecule has 0 aliphatic heterocycles. The van der Waals surface area contributed by atoms with E-state index < -0.39 is 5.97 Å². The predicted molar refractivity (Wildman–Crippen MR) is 78.4 cm³/mol. The van der Waals surface area contributed by atoms with Crippen molar-refractivity contribution in [2.24, 2.45) is 12.5 Å². The summed E-state index contributed by atoms with van der Waals surface area (Å²) in [5, 5.41) is 7.79. The van der Waals surface area contributed by atoms with E-state index in [1.54, 1.807) is 17.8 Å². The van der Waals surface area contributed by atoms with Crippen LogP contribution in [0.15, 0.2) is 12.3 Å². The zero-order chi connectivity index (χ0) is 15.6. The molecule has 0 aliphatic carbocycles. The van der Waals surface area contributed by atoms with Gasteiger partial charge >= 0.3 is 5.97 Å². The smallest absolute Gasteiger partial charge is 0.340 e. The van der Waals surface area contributed by atoms with Gasteiger partial charge in [0.1, 0.15) is 11.6 Å². The summed E-state index contributed by atoms with van der Waals surface area (Å²) in [7, 11) is 1.74.